The van der Waals surface area contributed by atoms with Crippen LogP contribution in [0.15, 0.2) is 41.3 Å². The van der Waals surface area contributed by atoms with Crippen molar-refractivity contribution in [1.82, 2.24) is 9.62 Å². The Hall–Kier alpha value is -1.92. The number of carbonyl (C=O) groups excluding carboxylic acids is 1. The first-order valence-corrected chi connectivity index (χ1v) is 9.48. The summed E-state index contributed by atoms with van der Waals surface area (Å²) in [5.74, 6) is -0.391. The minimum absolute atomic E-state index is 0.0269. The lowest BCUT2D eigenvalue weighted by Crippen LogP contribution is -2.37. The first-order chi connectivity index (χ1) is 11.3. The zero-order valence-corrected chi connectivity index (χ0v) is 15.1. The number of sulfonamides is 1. The van der Waals surface area contributed by atoms with E-state index in [-0.39, 0.29) is 10.5 Å². The highest BCUT2D eigenvalue weighted by molar-refractivity contribution is 7.89. The van der Waals surface area contributed by atoms with E-state index in [2.05, 4.69) is 4.72 Å². The number of carbonyl (C=O) groups is 1. The molecule has 2 aromatic rings. The molecule has 24 heavy (non-hydrogen) atoms. The van der Waals surface area contributed by atoms with Gasteiger partial charge in [0.1, 0.15) is 6.07 Å². The number of hydrogen-bond acceptors (Lipinski definition) is 5. The van der Waals surface area contributed by atoms with Crippen molar-refractivity contribution in [2.75, 3.05) is 13.6 Å². The fraction of sp³-hybridized carbons (Fsp3) is 0.200. The number of amides is 1. The number of thiophene rings is 1. The highest BCUT2D eigenvalue weighted by Gasteiger charge is 2.20. The number of likely N-dealkylation sites (N-methyl/N-ethyl adjacent to an activating group) is 1. The second-order valence-electron chi connectivity index (χ2n) is 4.89. The molecule has 0 aliphatic rings. The van der Waals surface area contributed by atoms with Gasteiger partial charge in [0.2, 0.25) is 15.9 Å². The first kappa shape index (κ1) is 18.4. The largest absolute Gasteiger partial charge is 0.339 e. The fourth-order valence-corrected chi connectivity index (χ4v) is 4.19. The van der Waals surface area contributed by atoms with Gasteiger partial charge in [0, 0.05) is 11.9 Å². The zero-order chi connectivity index (χ0) is 17.7. The highest BCUT2D eigenvalue weighted by Crippen LogP contribution is 2.22. The highest BCUT2D eigenvalue weighted by atomic mass is 35.5. The van der Waals surface area contributed by atoms with Crippen LogP contribution in [0.25, 0.3) is 0 Å². The molecule has 0 fully saturated rings. The summed E-state index contributed by atoms with van der Waals surface area (Å²) in [6, 6.07) is 11.2. The van der Waals surface area contributed by atoms with E-state index in [0.29, 0.717) is 10.9 Å². The van der Waals surface area contributed by atoms with Gasteiger partial charge in [-0.2, -0.15) is 5.26 Å². The molecule has 0 aliphatic heterocycles. The van der Waals surface area contributed by atoms with E-state index < -0.39 is 22.5 Å². The van der Waals surface area contributed by atoms with Gasteiger partial charge in [0.25, 0.3) is 0 Å². The summed E-state index contributed by atoms with van der Waals surface area (Å²) in [7, 11) is -2.36. The van der Waals surface area contributed by atoms with Crippen molar-refractivity contribution in [2.24, 2.45) is 0 Å². The Labute approximate surface area is 149 Å². The van der Waals surface area contributed by atoms with Crippen LogP contribution in [0.1, 0.15) is 10.4 Å². The van der Waals surface area contributed by atoms with Crippen LogP contribution in [0.2, 0.25) is 4.34 Å². The normalized spacial score (nSPS) is 11.0. The second-order valence-corrected chi connectivity index (χ2v) is 8.42. The average molecular weight is 384 g/mol. The summed E-state index contributed by atoms with van der Waals surface area (Å²) < 4.78 is 27.4. The number of nitrogens with one attached hydrogen (secondary N) is 1. The Morgan fingerprint density at radius 2 is 2.04 bits per heavy atom. The molecular formula is C15H14ClN3O3S2. The van der Waals surface area contributed by atoms with Gasteiger partial charge in [-0.25, -0.2) is 13.1 Å². The van der Waals surface area contributed by atoms with Crippen molar-refractivity contribution >= 4 is 38.9 Å². The van der Waals surface area contributed by atoms with Crippen molar-refractivity contribution in [3.8, 4) is 6.07 Å². The van der Waals surface area contributed by atoms with E-state index in [1.807, 2.05) is 12.1 Å². The van der Waals surface area contributed by atoms with Crippen molar-refractivity contribution in [3.63, 3.8) is 0 Å². The summed E-state index contributed by atoms with van der Waals surface area (Å²) >= 11 is 7.19. The van der Waals surface area contributed by atoms with Crippen LogP contribution in [0.4, 0.5) is 0 Å². The Balaban J connectivity index is 2.01. The van der Waals surface area contributed by atoms with Gasteiger partial charge in [0.05, 0.1) is 27.9 Å². The van der Waals surface area contributed by atoms with E-state index in [1.54, 1.807) is 19.2 Å². The van der Waals surface area contributed by atoms with Crippen LogP contribution in [0, 0.1) is 11.3 Å². The molecule has 9 heteroatoms. The number of rotatable bonds is 6. The van der Waals surface area contributed by atoms with Crippen molar-refractivity contribution in [3.05, 3.63) is 51.2 Å². The average Bonchev–Trinajstić information content (AvgIpc) is 2.97. The lowest BCUT2D eigenvalue weighted by molar-refractivity contribution is -0.129. The maximum Gasteiger partial charge on any atom is 0.242 e. The molecule has 6 nitrogen and oxygen atoms in total. The number of halogens is 1. The SMILES string of the molecule is CN(Cc1ccc(Cl)s1)C(=O)CNS(=O)(=O)c1ccccc1C#N. The molecule has 0 saturated heterocycles. The molecule has 126 valence electrons. The third-order valence-corrected chi connectivity index (χ3v) is 5.83. The quantitative estimate of drug-likeness (QED) is 0.827. The van der Waals surface area contributed by atoms with Gasteiger partial charge in [-0.1, -0.05) is 23.7 Å². The molecule has 0 radical (unpaired) electrons. The second kappa shape index (κ2) is 7.77. The molecule has 0 saturated carbocycles. The molecule has 0 spiro atoms. The fourth-order valence-electron chi connectivity index (χ4n) is 1.92. The number of benzene rings is 1. The summed E-state index contributed by atoms with van der Waals surface area (Å²) in [6.07, 6.45) is 0. The van der Waals surface area contributed by atoms with Gasteiger partial charge < -0.3 is 4.90 Å². The van der Waals surface area contributed by atoms with Crippen molar-refractivity contribution in [1.29, 1.82) is 5.26 Å². The van der Waals surface area contributed by atoms with E-state index in [1.165, 1.54) is 34.4 Å². The van der Waals surface area contributed by atoms with Crippen molar-refractivity contribution in [2.45, 2.75) is 11.4 Å². The van der Waals surface area contributed by atoms with Crippen LogP contribution in [-0.4, -0.2) is 32.8 Å². The van der Waals surface area contributed by atoms with E-state index >= 15 is 0 Å². The van der Waals surface area contributed by atoms with Gasteiger partial charge >= 0.3 is 0 Å². The topological polar surface area (TPSA) is 90.3 Å². The third kappa shape index (κ3) is 4.55. The molecule has 2 rings (SSSR count). The standard InChI is InChI=1S/C15H14ClN3O3S2/c1-19(10-12-6-7-14(16)23-12)15(20)9-18-24(21,22)13-5-3-2-4-11(13)8-17/h2-7,18H,9-10H2,1H3. The lowest BCUT2D eigenvalue weighted by atomic mass is 10.2. The summed E-state index contributed by atoms with van der Waals surface area (Å²) in [6.45, 7) is -0.0512. The lowest BCUT2D eigenvalue weighted by Gasteiger charge is -2.16. The van der Waals surface area contributed by atoms with Gasteiger partial charge in [-0.05, 0) is 24.3 Å². The van der Waals surface area contributed by atoms with Crippen LogP contribution >= 0.6 is 22.9 Å². The summed E-state index contributed by atoms with van der Waals surface area (Å²) in [5, 5.41) is 8.99. The van der Waals surface area contributed by atoms with E-state index in [0.717, 1.165) is 4.88 Å². The van der Waals surface area contributed by atoms with E-state index in [9.17, 15) is 13.2 Å². The van der Waals surface area contributed by atoms with Crippen LogP contribution in [0.5, 0.6) is 0 Å². The monoisotopic (exact) mass is 383 g/mol. The molecule has 1 heterocycles. The molecule has 1 aromatic carbocycles. The zero-order valence-electron chi connectivity index (χ0n) is 12.7. The van der Waals surface area contributed by atoms with Crippen LogP contribution < -0.4 is 4.72 Å². The predicted molar refractivity (Wildman–Crippen MR) is 92.1 cm³/mol. The smallest absolute Gasteiger partial charge is 0.242 e. The predicted octanol–water partition coefficient (Wildman–Crippen LogP) is 2.21. The molecular weight excluding hydrogens is 370 g/mol. The summed E-state index contributed by atoms with van der Waals surface area (Å²) in [5.41, 5.74) is 0.0269. The van der Waals surface area contributed by atoms with Gasteiger partial charge in [-0.15, -0.1) is 11.3 Å². The molecule has 1 amide bonds. The number of nitrogens with zero attached hydrogens (tertiary/aromatic N) is 2. The Bertz CT molecular complexity index is 887. The Morgan fingerprint density at radius 3 is 2.67 bits per heavy atom. The molecule has 0 bridgehead atoms. The number of nitriles is 1. The molecule has 0 aliphatic carbocycles. The van der Waals surface area contributed by atoms with Gasteiger partial charge in [0.15, 0.2) is 0 Å². The number of hydrogen-bond donors (Lipinski definition) is 1. The maximum atomic E-state index is 12.3. The Morgan fingerprint density at radius 1 is 1.33 bits per heavy atom. The summed E-state index contributed by atoms with van der Waals surface area (Å²) in [4.78, 5) is 14.2. The van der Waals surface area contributed by atoms with Crippen LogP contribution in [-0.2, 0) is 21.4 Å². The minimum Gasteiger partial charge on any atom is -0.339 e. The molecule has 1 aromatic heterocycles. The third-order valence-electron chi connectivity index (χ3n) is 3.16. The molecule has 0 unspecified atom stereocenters. The van der Waals surface area contributed by atoms with Crippen molar-refractivity contribution < 1.29 is 13.2 Å². The Kier molecular flexibility index (Phi) is 5.96. The van der Waals surface area contributed by atoms with E-state index in [4.69, 9.17) is 16.9 Å². The van der Waals surface area contributed by atoms with Gasteiger partial charge in [-0.3, -0.25) is 4.79 Å². The molecule has 1 N–H and O–H groups in total. The molecule has 0 atom stereocenters. The first-order valence-electron chi connectivity index (χ1n) is 6.80. The minimum atomic E-state index is -3.94. The van der Waals surface area contributed by atoms with Crippen LogP contribution in [0.3, 0.4) is 0 Å². The maximum absolute atomic E-state index is 12.3.